The third-order valence-corrected chi connectivity index (χ3v) is 1.58. The standard InChI is InChI=1S/C8H5FN2O2/c9-4-2-1-3-5-6(4)11-8(13-5)7(10)12/h1-3H,(H2,10,12). The predicted molar refractivity (Wildman–Crippen MR) is 42.5 cm³/mol. The zero-order chi connectivity index (χ0) is 9.42. The van der Waals surface area contributed by atoms with Crippen LogP contribution in [0.15, 0.2) is 22.6 Å². The van der Waals surface area contributed by atoms with Crippen LogP contribution in [0.1, 0.15) is 10.7 Å². The van der Waals surface area contributed by atoms with Gasteiger partial charge in [0.05, 0.1) is 0 Å². The Morgan fingerprint density at radius 1 is 1.54 bits per heavy atom. The van der Waals surface area contributed by atoms with Crippen molar-refractivity contribution >= 4 is 17.0 Å². The molecular weight excluding hydrogens is 175 g/mol. The maximum absolute atomic E-state index is 13.0. The second-order valence-corrected chi connectivity index (χ2v) is 2.47. The fourth-order valence-electron chi connectivity index (χ4n) is 1.02. The average Bonchev–Trinajstić information content (AvgIpc) is 2.49. The quantitative estimate of drug-likeness (QED) is 0.713. The summed E-state index contributed by atoms with van der Waals surface area (Å²) in [7, 11) is 0. The normalized spacial score (nSPS) is 10.5. The molecule has 66 valence electrons. The predicted octanol–water partition coefficient (Wildman–Crippen LogP) is 1.07. The second kappa shape index (κ2) is 2.55. The summed E-state index contributed by atoms with van der Waals surface area (Å²) in [5.74, 6) is -1.62. The average molecular weight is 180 g/mol. The molecule has 0 spiro atoms. The van der Waals surface area contributed by atoms with E-state index in [1.165, 1.54) is 18.2 Å². The lowest BCUT2D eigenvalue weighted by Gasteiger charge is -1.85. The van der Waals surface area contributed by atoms with Gasteiger partial charge in [0.1, 0.15) is 5.52 Å². The van der Waals surface area contributed by atoms with Gasteiger partial charge in [-0.3, -0.25) is 4.79 Å². The van der Waals surface area contributed by atoms with Crippen LogP contribution in [0, 0.1) is 5.82 Å². The van der Waals surface area contributed by atoms with Crippen LogP contribution in [0.3, 0.4) is 0 Å². The first kappa shape index (κ1) is 7.72. The van der Waals surface area contributed by atoms with Crippen molar-refractivity contribution in [3.8, 4) is 0 Å². The molecule has 2 aromatic rings. The Morgan fingerprint density at radius 3 is 2.92 bits per heavy atom. The largest absolute Gasteiger partial charge is 0.432 e. The van der Waals surface area contributed by atoms with E-state index in [1.54, 1.807) is 0 Å². The molecule has 0 aliphatic rings. The molecule has 1 heterocycles. The van der Waals surface area contributed by atoms with E-state index < -0.39 is 11.7 Å². The van der Waals surface area contributed by atoms with Gasteiger partial charge in [0.25, 0.3) is 5.89 Å². The Labute approximate surface area is 72.2 Å². The van der Waals surface area contributed by atoms with E-state index >= 15 is 0 Å². The minimum Gasteiger partial charge on any atom is -0.432 e. The van der Waals surface area contributed by atoms with Gasteiger partial charge in [0.15, 0.2) is 11.4 Å². The van der Waals surface area contributed by atoms with Crippen molar-refractivity contribution in [1.82, 2.24) is 4.98 Å². The summed E-state index contributed by atoms with van der Waals surface area (Å²) in [5, 5.41) is 0. The molecule has 0 atom stereocenters. The van der Waals surface area contributed by atoms with E-state index in [4.69, 9.17) is 10.2 Å². The third-order valence-electron chi connectivity index (χ3n) is 1.58. The zero-order valence-corrected chi connectivity index (χ0v) is 6.45. The fourth-order valence-corrected chi connectivity index (χ4v) is 1.02. The van der Waals surface area contributed by atoms with Gasteiger partial charge in [0, 0.05) is 0 Å². The van der Waals surface area contributed by atoms with Crippen LogP contribution in [0.2, 0.25) is 0 Å². The summed E-state index contributed by atoms with van der Waals surface area (Å²) < 4.78 is 17.9. The minimum absolute atomic E-state index is 0.0244. The number of para-hydroxylation sites is 1. The molecule has 0 aliphatic heterocycles. The SMILES string of the molecule is NC(=O)c1nc2c(F)cccc2o1. The first-order valence-corrected chi connectivity index (χ1v) is 3.53. The van der Waals surface area contributed by atoms with Crippen LogP contribution in [-0.4, -0.2) is 10.9 Å². The van der Waals surface area contributed by atoms with Crippen LogP contribution >= 0.6 is 0 Å². The number of halogens is 1. The van der Waals surface area contributed by atoms with E-state index in [-0.39, 0.29) is 17.0 Å². The summed E-state index contributed by atoms with van der Waals surface area (Å²) in [6, 6.07) is 4.21. The number of carbonyl (C=O) groups is 1. The van der Waals surface area contributed by atoms with Gasteiger partial charge < -0.3 is 10.2 Å². The number of carbonyl (C=O) groups excluding carboxylic acids is 1. The number of fused-ring (bicyclic) bond motifs is 1. The van der Waals surface area contributed by atoms with Crippen molar-refractivity contribution in [2.75, 3.05) is 0 Å². The molecule has 0 bridgehead atoms. The van der Waals surface area contributed by atoms with Gasteiger partial charge in [-0.25, -0.2) is 9.37 Å². The van der Waals surface area contributed by atoms with E-state index in [9.17, 15) is 9.18 Å². The van der Waals surface area contributed by atoms with E-state index in [0.29, 0.717) is 0 Å². The molecular formula is C8H5FN2O2. The zero-order valence-electron chi connectivity index (χ0n) is 6.45. The Bertz CT molecular complexity index is 478. The fraction of sp³-hybridized carbons (Fsp3) is 0. The van der Waals surface area contributed by atoms with Gasteiger partial charge in [0.2, 0.25) is 0 Å². The van der Waals surface area contributed by atoms with E-state index in [2.05, 4.69) is 4.98 Å². The van der Waals surface area contributed by atoms with E-state index in [0.717, 1.165) is 0 Å². The Balaban J connectivity index is 2.75. The lowest BCUT2D eigenvalue weighted by atomic mass is 10.3. The van der Waals surface area contributed by atoms with Crippen molar-refractivity contribution in [2.45, 2.75) is 0 Å². The summed E-state index contributed by atoms with van der Waals surface area (Å²) in [6.07, 6.45) is 0. The number of oxazole rings is 1. The maximum atomic E-state index is 13.0. The van der Waals surface area contributed by atoms with Gasteiger partial charge in [-0.05, 0) is 12.1 Å². The number of hydrogen-bond donors (Lipinski definition) is 1. The number of rotatable bonds is 1. The molecule has 0 radical (unpaired) electrons. The molecule has 0 unspecified atom stereocenters. The molecule has 0 saturated carbocycles. The van der Waals surface area contributed by atoms with Crippen molar-refractivity contribution in [1.29, 1.82) is 0 Å². The molecule has 1 amide bonds. The highest BCUT2D eigenvalue weighted by atomic mass is 19.1. The monoisotopic (exact) mass is 180 g/mol. The van der Waals surface area contributed by atoms with Gasteiger partial charge in [-0.1, -0.05) is 6.07 Å². The number of primary amides is 1. The van der Waals surface area contributed by atoms with Gasteiger partial charge in [-0.15, -0.1) is 0 Å². The maximum Gasteiger partial charge on any atom is 0.304 e. The first-order valence-electron chi connectivity index (χ1n) is 3.53. The molecule has 0 aliphatic carbocycles. The van der Waals surface area contributed by atoms with Gasteiger partial charge >= 0.3 is 5.91 Å². The number of hydrogen-bond acceptors (Lipinski definition) is 3. The summed E-state index contributed by atoms with van der Waals surface area (Å²) in [4.78, 5) is 14.2. The Morgan fingerprint density at radius 2 is 2.31 bits per heavy atom. The summed E-state index contributed by atoms with van der Waals surface area (Å²) in [6.45, 7) is 0. The lowest BCUT2D eigenvalue weighted by Crippen LogP contribution is -2.10. The molecule has 2 rings (SSSR count). The topological polar surface area (TPSA) is 69.1 Å². The van der Waals surface area contributed by atoms with Crippen LogP contribution < -0.4 is 5.73 Å². The minimum atomic E-state index is -0.810. The smallest absolute Gasteiger partial charge is 0.304 e. The van der Waals surface area contributed by atoms with Crippen LogP contribution in [0.4, 0.5) is 4.39 Å². The van der Waals surface area contributed by atoms with Crippen molar-refractivity contribution in [2.24, 2.45) is 5.73 Å². The molecule has 13 heavy (non-hydrogen) atoms. The van der Waals surface area contributed by atoms with Crippen molar-refractivity contribution < 1.29 is 13.6 Å². The third kappa shape index (κ3) is 1.14. The molecule has 2 N–H and O–H groups in total. The van der Waals surface area contributed by atoms with Crippen LogP contribution in [0.5, 0.6) is 0 Å². The highest BCUT2D eigenvalue weighted by Crippen LogP contribution is 2.17. The molecule has 0 saturated heterocycles. The summed E-state index contributed by atoms with van der Waals surface area (Å²) in [5.41, 5.74) is 5.15. The van der Waals surface area contributed by atoms with Crippen molar-refractivity contribution in [3.63, 3.8) is 0 Å². The molecule has 5 heteroatoms. The Kier molecular flexibility index (Phi) is 1.51. The summed E-state index contributed by atoms with van der Waals surface area (Å²) >= 11 is 0. The second-order valence-electron chi connectivity index (χ2n) is 2.47. The number of nitrogens with zero attached hydrogens (tertiary/aromatic N) is 1. The molecule has 4 nitrogen and oxygen atoms in total. The highest BCUT2D eigenvalue weighted by molar-refractivity contribution is 5.91. The Hall–Kier alpha value is -1.91. The highest BCUT2D eigenvalue weighted by Gasteiger charge is 2.12. The van der Waals surface area contributed by atoms with Crippen molar-refractivity contribution in [3.05, 3.63) is 29.9 Å². The number of benzene rings is 1. The van der Waals surface area contributed by atoms with Crippen LogP contribution in [-0.2, 0) is 0 Å². The van der Waals surface area contributed by atoms with E-state index in [1.807, 2.05) is 0 Å². The molecule has 1 aromatic carbocycles. The number of amides is 1. The first-order chi connectivity index (χ1) is 6.18. The molecule has 1 aromatic heterocycles. The number of nitrogens with two attached hydrogens (primary N) is 1. The number of aromatic nitrogens is 1. The molecule has 0 fully saturated rings. The van der Waals surface area contributed by atoms with Crippen LogP contribution in [0.25, 0.3) is 11.1 Å². The lowest BCUT2D eigenvalue weighted by molar-refractivity contribution is 0.0969. The van der Waals surface area contributed by atoms with Gasteiger partial charge in [-0.2, -0.15) is 0 Å².